The number of likely N-dealkylation sites (tertiary alicyclic amines) is 1. The first-order valence-electron chi connectivity index (χ1n) is 7.99. The highest BCUT2D eigenvalue weighted by atomic mass is 16.2. The predicted molar refractivity (Wildman–Crippen MR) is 87.0 cm³/mol. The van der Waals surface area contributed by atoms with Gasteiger partial charge in [-0.25, -0.2) is 14.5 Å². The number of piperidine rings is 1. The van der Waals surface area contributed by atoms with Gasteiger partial charge < -0.3 is 9.88 Å². The Hall–Kier alpha value is -2.90. The molecule has 1 saturated heterocycles. The van der Waals surface area contributed by atoms with Crippen LogP contribution in [0.1, 0.15) is 40.6 Å². The van der Waals surface area contributed by atoms with Crippen LogP contribution in [0.2, 0.25) is 0 Å². The summed E-state index contributed by atoms with van der Waals surface area (Å²) in [5, 5.41) is 2.91. The lowest BCUT2D eigenvalue weighted by Gasteiger charge is -2.31. The molecule has 0 aliphatic carbocycles. The fourth-order valence-electron chi connectivity index (χ4n) is 3.28. The molecule has 8 heteroatoms. The molecule has 0 saturated carbocycles. The summed E-state index contributed by atoms with van der Waals surface area (Å²) < 4.78 is 1.32. The van der Waals surface area contributed by atoms with Gasteiger partial charge in [0.15, 0.2) is 5.65 Å². The van der Waals surface area contributed by atoms with Gasteiger partial charge in [-0.15, -0.1) is 0 Å². The van der Waals surface area contributed by atoms with Crippen molar-refractivity contribution < 1.29 is 4.79 Å². The lowest BCUT2D eigenvalue weighted by molar-refractivity contribution is 0.0702. The van der Waals surface area contributed by atoms with Crippen molar-refractivity contribution in [2.24, 2.45) is 0 Å². The van der Waals surface area contributed by atoms with E-state index in [0.717, 1.165) is 24.4 Å². The van der Waals surface area contributed by atoms with Gasteiger partial charge in [0.25, 0.3) is 11.5 Å². The van der Waals surface area contributed by atoms with Crippen LogP contribution in [0.4, 0.5) is 0 Å². The Kier molecular flexibility index (Phi) is 3.44. The number of amides is 1. The summed E-state index contributed by atoms with van der Waals surface area (Å²) in [5.74, 6) is 0.785. The fraction of sp³-hybridized carbons (Fsp3) is 0.375. The minimum absolute atomic E-state index is 0.0921. The monoisotopic (exact) mass is 326 g/mol. The fourth-order valence-corrected chi connectivity index (χ4v) is 3.28. The Morgan fingerprint density at radius 1 is 1.38 bits per heavy atom. The first-order valence-corrected chi connectivity index (χ1v) is 7.99. The normalized spacial score (nSPS) is 18.2. The third kappa shape index (κ3) is 2.40. The van der Waals surface area contributed by atoms with E-state index in [1.165, 1.54) is 10.7 Å². The summed E-state index contributed by atoms with van der Waals surface area (Å²) in [6.07, 6.45) is 6.74. The van der Waals surface area contributed by atoms with E-state index in [1.54, 1.807) is 23.4 Å². The van der Waals surface area contributed by atoms with Crippen molar-refractivity contribution in [2.75, 3.05) is 13.1 Å². The van der Waals surface area contributed by atoms with Gasteiger partial charge in [0.1, 0.15) is 11.4 Å². The quantitative estimate of drug-likeness (QED) is 0.736. The molecule has 0 bridgehead atoms. The molecule has 0 spiro atoms. The van der Waals surface area contributed by atoms with E-state index in [4.69, 9.17) is 0 Å². The van der Waals surface area contributed by atoms with E-state index in [2.05, 4.69) is 20.1 Å². The van der Waals surface area contributed by atoms with Gasteiger partial charge in [-0.1, -0.05) is 0 Å². The van der Waals surface area contributed by atoms with Crippen LogP contribution >= 0.6 is 0 Å². The molecule has 4 rings (SSSR count). The maximum atomic E-state index is 12.8. The molecule has 1 aliphatic heterocycles. The molecule has 8 nitrogen and oxygen atoms in total. The minimum Gasteiger partial charge on any atom is -0.348 e. The number of aromatic nitrogens is 5. The van der Waals surface area contributed by atoms with E-state index < -0.39 is 0 Å². The number of imidazole rings is 1. The number of hydrogen-bond donors (Lipinski definition) is 2. The molecule has 24 heavy (non-hydrogen) atoms. The topological polar surface area (TPSA) is 99.2 Å². The van der Waals surface area contributed by atoms with Crippen molar-refractivity contribution in [1.82, 2.24) is 29.5 Å². The van der Waals surface area contributed by atoms with Gasteiger partial charge in [-0.05, 0) is 19.8 Å². The summed E-state index contributed by atoms with van der Waals surface area (Å²) in [6, 6.07) is 1.77. The number of H-pyrrole nitrogens is 2. The molecule has 0 radical (unpaired) electrons. The van der Waals surface area contributed by atoms with Gasteiger partial charge in [0.05, 0.1) is 0 Å². The van der Waals surface area contributed by atoms with Crippen molar-refractivity contribution in [3.05, 3.63) is 52.1 Å². The van der Waals surface area contributed by atoms with E-state index in [1.807, 2.05) is 6.92 Å². The van der Waals surface area contributed by atoms with Crippen molar-refractivity contribution in [3.63, 3.8) is 0 Å². The van der Waals surface area contributed by atoms with Gasteiger partial charge in [0.2, 0.25) is 0 Å². The van der Waals surface area contributed by atoms with Gasteiger partial charge in [-0.2, -0.15) is 0 Å². The highest BCUT2D eigenvalue weighted by molar-refractivity contribution is 5.93. The van der Waals surface area contributed by atoms with Crippen LogP contribution in [0.5, 0.6) is 0 Å². The Morgan fingerprint density at radius 2 is 2.25 bits per heavy atom. The molecule has 1 fully saturated rings. The number of carbonyl (C=O) groups excluding carboxylic acids is 1. The third-order valence-electron chi connectivity index (χ3n) is 4.47. The lowest BCUT2D eigenvalue weighted by atomic mass is 9.97. The van der Waals surface area contributed by atoms with Crippen molar-refractivity contribution >= 4 is 11.6 Å². The van der Waals surface area contributed by atoms with Gasteiger partial charge in [-0.3, -0.25) is 14.7 Å². The summed E-state index contributed by atoms with van der Waals surface area (Å²) in [5.41, 5.74) is 1.06. The number of fused-ring (bicyclic) bond motifs is 1. The molecule has 1 amide bonds. The van der Waals surface area contributed by atoms with Crippen LogP contribution in [-0.4, -0.2) is 48.5 Å². The molecular weight excluding hydrogens is 308 g/mol. The molecule has 2 N–H and O–H groups in total. The summed E-state index contributed by atoms with van der Waals surface area (Å²) in [7, 11) is 0. The largest absolute Gasteiger partial charge is 0.348 e. The second kappa shape index (κ2) is 5.63. The first-order chi connectivity index (χ1) is 11.6. The van der Waals surface area contributed by atoms with Crippen LogP contribution in [0.15, 0.2) is 29.5 Å². The molecule has 3 aromatic rings. The minimum atomic E-state index is -0.363. The number of nitrogens with one attached hydrogen (secondary N) is 2. The maximum absolute atomic E-state index is 12.8. The van der Waals surface area contributed by atoms with Crippen LogP contribution in [0, 0.1) is 6.92 Å². The van der Waals surface area contributed by atoms with E-state index in [0.29, 0.717) is 18.7 Å². The number of aryl methyl sites for hydroxylation is 1. The Labute approximate surface area is 137 Å². The summed E-state index contributed by atoms with van der Waals surface area (Å²) >= 11 is 0. The van der Waals surface area contributed by atoms with Crippen molar-refractivity contribution in [2.45, 2.75) is 25.7 Å². The standard InChI is InChI=1S/C16H18N6O2/c1-10-7-13-19-8-12(16(24)22(13)20-10)15(23)21-6-2-3-11(9-21)14-17-4-5-18-14/h4-5,7-8,11,20H,2-3,6,9H2,1H3,(H,17,18)/t11-/m0/s1. The van der Waals surface area contributed by atoms with Crippen LogP contribution in [0.25, 0.3) is 5.65 Å². The molecule has 1 aliphatic rings. The number of nitrogens with zero attached hydrogens (tertiary/aromatic N) is 4. The van der Waals surface area contributed by atoms with Crippen LogP contribution < -0.4 is 5.56 Å². The van der Waals surface area contributed by atoms with Crippen LogP contribution in [-0.2, 0) is 0 Å². The van der Waals surface area contributed by atoms with E-state index >= 15 is 0 Å². The molecule has 0 unspecified atom stereocenters. The first kappa shape index (κ1) is 14.7. The smallest absolute Gasteiger partial charge is 0.285 e. The molecule has 4 heterocycles. The average Bonchev–Trinajstić information content (AvgIpc) is 3.24. The zero-order valence-electron chi connectivity index (χ0n) is 13.3. The molecule has 1 atom stereocenters. The number of carbonyl (C=O) groups is 1. The lowest BCUT2D eigenvalue weighted by Crippen LogP contribution is -2.42. The van der Waals surface area contributed by atoms with E-state index in [-0.39, 0.29) is 22.9 Å². The number of aromatic amines is 2. The van der Waals surface area contributed by atoms with Gasteiger partial charge >= 0.3 is 0 Å². The van der Waals surface area contributed by atoms with Crippen molar-refractivity contribution in [1.29, 1.82) is 0 Å². The Balaban J connectivity index is 1.63. The zero-order chi connectivity index (χ0) is 16.7. The second-order valence-corrected chi connectivity index (χ2v) is 6.17. The third-order valence-corrected chi connectivity index (χ3v) is 4.47. The number of rotatable bonds is 2. The second-order valence-electron chi connectivity index (χ2n) is 6.17. The molecule has 3 aromatic heterocycles. The summed E-state index contributed by atoms with van der Waals surface area (Å²) in [4.78, 5) is 38.7. The van der Waals surface area contributed by atoms with Crippen LogP contribution in [0.3, 0.4) is 0 Å². The molecule has 0 aromatic carbocycles. The predicted octanol–water partition coefficient (Wildman–Crippen LogP) is 1.07. The number of hydrogen-bond acceptors (Lipinski definition) is 4. The SMILES string of the molecule is Cc1cc2ncc(C(=O)N3CCC[C@H](c4ncc[nH]4)C3)c(=O)n2[nH]1. The van der Waals surface area contributed by atoms with E-state index in [9.17, 15) is 9.59 Å². The highest BCUT2D eigenvalue weighted by Crippen LogP contribution is 2.24. The van der Waals surface area contributed by atoms with Crippen molar-refractivity contribution in [3.8, 4) is 0 Å². The maximum Gasteiger partial charge on any atom is 0.285 e. The van der Waals surface area contributed by atoms with Gasteiger partial charge in [0, 0.05) is 49.4 Å². The zero-order valence-corrected chi connectivity index (χ0v) is 13.3. The molecular formula is C16H18N6O2. The Bertz CT molecular complexity index is 939. The Morgan fingerprint density at radius 3 is 3.04 bits per heavy atom. The summed E-state index contributed by atoms with van der Waals surface area (Å²) in [6.45, 7) is 3.04. The highest BCUT2D eigenvalue weighted by Gasteiger charge is 2.28. The average molecular weight is 326 g/mol. The molecule has 124 valence electrons.